The summed E-state index contributed by atoms with van der Waals surface area (Å²) in [5.74, 6) is -0.0463. The molecule has 0 unspecified atom stereocenters. The van der Waals surface area contributed by atoms with E-state index in [0.717, 1.165) is 12.8 Å². The Labute approximate surface area is 140 Å². The second-order valence-corrected chi connectivity index (χ2v) is 7.40. The lowest BCUT2D eigenvalue weighted by Gasteiger charge is -2.37. The molecule has 5 heteroatoms. The number of ketones is 1. The fraction of sp³-hybridized carbons (Fsp3) is 0.778. The molecule has 3 atom stereocenters. The van der Waals surface area contributed by atoms with Crippen molar-refractivity contribution in [2.45, 2.75) is 85.1 Å². The number of hydrogen-bond donors (Lipinski definition) is 2. The largest absolute Gasteiger partial charge is 0.369 e. The highest BCUT2D eigenvalue weighted by molar-refractivity contribution is 5.99. The van der Waals surface area contributed by atoms with Gasteiger partial charge in [0.1, 0.15) is 0 Å². The van der Waals surface area contributed by atoms with Crippen LogP contribution in [0.5, 0.6) is 0 Å². The second-order valence-electron chi connectivity index (χ2n) is 7.40. The van der Waals surface area contributed by atoms with Crippen molar-refractivity contribution < 1.29 is 14.3 Å². The van der Waals surface area contributed by atoms with Gasteiger partial charge in [-0.25, -0.2) is 0 Å². The first-order valence-electron chi connectivity index (χ1n) is 8.53. The van der Waals surface area contributed by atoms with Crippen LogP contribution in [0.4, 0.5) is 0 Å². The van der Waals surface area contributed by atoms with Crippen molar-refractivity contribution in [3.63, 3.8) is 0 Å². The van der Waals surface area contributed by atoms with Crippen LogP contribution in [0.15, 0.2) is 11.6 Å². The van der Waals surface area contributed by atoms with Gasteiger partial charge in [-0.3, -0.25) is 9.59 Å². The lowest BCUT2D eigenvalue weighted by Crippen LogP contribution is -2.57. The summed E-state index contributed by atoms with van der Waals surface area (Å²) < 4.78 is 6.14. The summed E-state index contributed by atoms with van der Waals surface area (Å²) in [4.78, 5) is 24.1. The molecule has 0 aromatic carbocycles. The molecule has 1 aliphatic carbocycles. The fourth-order valence-corrected chi connectivity index (χ4v) is 2.90. The zero-order valence-corrected chi connectivity index (χ0v) is 15.3. The van der Waals surface area contributed by atoms with E-state index in [2.05, 4.69) is 19.2 Å². The number of nitrogens with two attached hydrogens (primary N) is 1. The van der Waals surface area contributed by atoms with E-state index in [0.29, 0.717) is 12.0 Å². The van der Waals surface area contributed by atoms with Gasteiger partial charge in [0.2, 0.25) is 5.91 Å². The number of nitrogens with one attached hydrogen (secondary N) is 1. The van der Waals surface area contributed by atoms with Gasteiger partial charge in [0, 0.05) is 18.4 Å². The van der Waals surface area contributed by atoms with Gasteiger partial charge in [0.05, 0.1) is 18.2 Å². The molecular weight excluding hydrogens is 292 g/mol. The van der Waals surface area contributed by atoms with Crippen molar-refractivity contribution >= 4 is 11.7 Å². The smallest absolute Gasteiger partial charge is 0.217 e. The number of carbonyl (C=O) groups excluding carboxylic acids is 2. The second kappa shape index (κ2) is 8.06. The highest BCUT2D eigenvalue weighted by atomic mass is 16.5. The Hall–Kier alpha value is -1.20. The first-order valence-corrected chi connectivity index (χ1v) is 8.53. The lowest BCUT2D eigenvalue weighted by molar-refractivity contribution is -0.123. The van der Waals surface area contributed by atoms with Crippen LogP contribution in [0.2, 0.25) is 0 Å². The molecular formula is C18H32N2O3. The maximum Gasteiger partial charge on any atom is 0.217 e. The zero-order chi connectivity index (χ0) is 17.8. The topological polar surface area (TPSA) is 81.4 Å². The Kier molecular flexibility index (Phi) is 6.96. The summed E-state index contributed by atoms with van der Waals surface area (Å²) in [5.41, 5.74) is 6.52. The summed E-state index contributed by atoms with van der Waals surface area (Å²) in [6, 6.07) is -0.630. The molecule has 0 spiro atoms. The Balaban J connectivity index is 3.10. The van der Waals surface area contributed by atoms with E-state index in [-0.39, 0.29) is 36.0 Å². The molecule has 0 heterocycles. The molecule has 1 rings (SSSR count). The van der Waals surface area contributed by atoms with Crippen LogP contribution in [0.1, 0.15) is 60.8 Å². The predicted molar refractivity (Wildman–Crippen MR) is 92.0 cm³/mol. The highest BCUT2D eigenvalue weighted by Gasteiger charge is 2.37. The number of Topliss-reactive ketones (excluding diaryl/α,β-unsaturated/α-hetero) is 1. The molecule has 3 N–H and O–H groups in total. The highest BCUT2D eigenvalue weighted by Crippen LogP contribution is 2.29. The standard InChI is InChI=1S/C18H32N2O3/c1-7-13(8-2)23-15-10-12(17(22)18(4,5)6)9-14(19)16(15)20-11(3)21/h10,13-16H,7-9,19H2,1-6H3,(H,20,21)/t14-,15+,16+/m0/s1. The minimum absolute atomic E-state index is 0.0868. The summed E-state index contributed by atoms with van der Waals surface area (Å²) in [6.45, 7) is 11.3. The van der Waals surface area contributed by atoms with Crippen molar-refractivity contribution in [3.05, 3.63) is 11.6 Å². The minimum Gasteiger partial charge on any atom is -0.369 e. The van der Waals surface area contributed by atoms with Gasteiger partial charge in [-0.2, -0.15) is 0 Å². The molecule has 0 saturated heterocycles. The Morgan fingerprint density at radius 3 is 2.35 bits per heavy atom. The van der Waals surface area contributed by atoms with E-state index in [9.17, 15) is 9.59 Å². The summed E-state index contributed by atoms with van der Waals surface area (Å²) >= 11 is 0. The number of ether oxygens (including phenoxy) is 1. The molecule has 0 aromatic rings. The summed E-state index contributed by atoms with van der Waals surface area (Å²) in [5, 5.41) is 2.89. The van der Waals surface area contributed by atoms with Gasteiger partial charge in [0.15, 0.2) is 5.78 Å². The van der Waals surface area contributed by atoms with E-state index >= 15 is 0 Å². The van der Waals surface area contributed by atoms with Gasteiger partial charge in [0.25, 0.3) is 0 Å². The number of rotatable bonds is 6. The molecule has 0 aliphatic heterocycles. The molecule has 0 fully saturated rings. The number of hydrogen-bond acceptors (Lipinski definition) is 4. The summed E-state index contributed by atoms with van der Waals surface area (Å²) in [7, 11) is 0. The Bertz CT molecular complexity index is 461. The van der Waals surface area contributed by atoms with Crippen LogP contribution < -0.4 is 11.1 Å². The van der Waals surface area contributed by atoms with Gasteiger partial charge in [-0.15, -0.1) is 0 Å². The van der Waals surface area contributed by atoms with Crippen LogP contribution in [-0.4, -0.2) is 36.0 Å². The molecule has 23 heavy (non-hydrogen) atoms. The molecule has 0 aromatic heterocycles. The maximum absolute atomic E-state index is 12.6. The van der Waals surface area contributed by atoms with Crippen LogP contribution >= 0.6 is 0 Å². The van der Waals surface area contributed by atoms with Crippen LogP contribution in [0.3, 0.4) is 0 Å². The first kappa shape index (κ1) is 19.8. The van der Waals surface area contributed by atoms with Crippen LogP contribution in [-0.2, 0) is 14.3 Å². The van der Waals surface area contributed by atoms with Gasteiger partial charge in [-0.05, 0) is 30.9 Å². The van der Waals surface area contributed by atoms with Crippen LogP contribution in [0, 0.1) is 5.41 Å². The quantitative estimate of drug-likeness (QED) is 0.786. The van der Waals surface area contributed by atoms with Gasteiger partial charge in [-0.1, -0.05) is 34.6 Å². The van der Waals surface area contributed by atoms with E-state index in [1.165, 1.54) is 6.92 Å². The van der Waals surface area contributed by atoms with Crippen molar-refractivity contribution in [2.24, 2.45) is 11.1 Å². The van der Waals surface area contributed by atoms with E-state index in [4.69, 9.17) is 10.5 Å². The number of carbonyl (C=O) groups is 2. The normalized spacial score (nSPS) is 25.2. The van der Waals surface area contributed by atoms with Crippen molar-refractivity contribution in [2.75, 3.05) is 0 Å². The van der Waals surface area contributed by atoms with Crippen molar-refractivity contribution in [1.29, 1.82) is 0 Å². The van der Waals surface area contributed by atoms with E-state index in [1.54, 1.807) is 0 Å². The fourth-order valence-electron chi connectivity index (χ4n) is 2.90. The molecule has 132 valence electrons. The SMILES string of the molecule is CCC(CC)O[C@@H]1C=C(C(=O)C(C)(C)C)C[C@H](N)[C@H]1NC(C)=O. The van der Waals surface area contributed by atoms with Crippen LogP contribution in [0.25, 0.3) is 0 Å². The van der Waals surface area contributed by atoms with Crippen molar-refractivity contribution in [1.82, 2.24) is 5.32 Å². The monoisotopic (exact) mass is 324 g/mol. The molecule has 0 saturated carbocycles. The molecule has 1 amide bonds. The molecule has 5 nitrogen and oxygen atoms in total. The minimum atomic E-state index is -0.453. The third kappa shape index (κ3) is 5.43. The maximum atomic E-state index is 12.6. The van der Waals surface area contributed by atoms with Gasteiger partial charge < -0.3 is 15.8 Å². The average Bonchev–Trinajstić information content (AvgIpc) is 2.45. The summed E-state index contributed by atoms with van der Waals surface area (Å²) in [6.07, 6.45) is 3.81. The third-order valence-electron chi connectivity index (χ3n) is 4.24. The zero-order valence-electron chi connectivity index (χ0n) is 15.3. The average molecular weight is 324 g/mol. The molecule has 1 aliphatic rings. The van der Waals surface area contributed by atoms with E-state index in [1.807, 2.05) is 26.8 Å². The third-order valence-corrected chi connectivity index (χ3v) is 4.24. The predicted octanol–water partition coefficient (Wildman–Crippen LogP) is 2.34. The lowest BCUT2D eigenvalue weighted by atomic mass is 9.79. The number of amides is 1. The first-order chi connectivity index (χ1) is 10.6. The molecule has 0 radical (unpaired) electrons. The van der Waals surface area contributed by atoms with Crippen molar-refractivity contribution in [3.8, 4) is 0 Å². The van der Waals surface area contributed by atoms with E-state index < -0.39 is 5.41 Å². The Morgan fingerprint density at radius 1 is 1.35 bits per heavy atom. The Morgan fingerprint density at radius 2 is 1.91 bits per heavy atom. The molecule has 0 bridgehead atoms. The van der Waals surface area contributed by atoms with Gasteiger partial charge >= 0.3 is 0 Å².